The fraction of sp³-hybridized carbons (Fsp3) is 0.143. The molecule has 98 valence electrons. The molecule has 1 aromatic carbocycles. The summed E-state index contributed by atoms with van der Waals surface area (Å²) in [4.78, 5) is 18.1. The zero-order chi connectivity index (χ0) is 13.8. The maximum atomic E-state index is 13.6. The Labute approximate surface area is 116 Å². The zero-order valence-electron chi connectivity index (χ0n) is 10.4. The third-order valence-electron chi connectivity index (χ3n) is 2.67. The highest BCUT2D eigenvalue weighted by molar-refractivity contribution is 7.80. The highest BCUT2D eigenvalue weighted by Crippen LogP contribution is 2.16. The first-order chi connectivity index (χ1) is 9.08. The Morgan fingerprint density at radius 1 is 1.42 bits per heavy atom. The number of benzene rings is 1. The smallest absolute Gasteiger partial charge is 0.256 e. The van der Waals surface area contributed by atoms with Crippen molar-refractivity contribution < 1.29 is 9.18 Å². The molecule has 0 N–H and O–H groups in total. The molecule has 1 amide bonds. The van der Waals surface area contributed by atoms with Gasteiger partial charge in [-0.05, 0) is 29.8 Å². The van der Waals surface area contributed by atoms with Crippen molar-refractivity contribution in [3.05, 3.63) is 59.7 Å². The molecule has 0 bridgehead atoms. The topological polar surface area (TPSA) is 33.2 Å². The number of pyridine rings is 1. The van der Waals surface area contributed by atoms with Gasteiger partial charge >= 0.3 is 0 Å². The van der Waals surface area contributed by atoms with Crippen molar-refractivity contribution in [2.24, 2.45) is 0 Å². The Balaban J connectivity index is 2.17. The molecule has 0 fully saturated rings. The minimum Gasteiger partial charge on any atom is -0.337 e. The molecule has 0 spiro atoms. The molecule has 5 heteroatoms. The number of thiol groups is 1. The standard InChI is InChI=1S/C14H13FN2OS/c1-17(9-10-3-2-6-16-8-10)14(18)12-7-11(19)4-5-13(12)15/h2-8,19H,9H2,1H3. The highest BCUT2D eigenvalue weighted by Gasteiger charge is 2.16. The van der Waals surface area contributed by atoms with Crippen molar-refractivity contribution >= 4 is 18.5 Å². The minimum atomic E-state index is -0.541. The van der Waals surface area contributed by atoms with Gasteiger partial charge in [0.05, 0.1) is 5.56 Å². The first-order valence-corrected chi connectivity index (χ1v) is 6.15. The van der Waals surface area contributed by atoms with E-state index in [4.69, 9.17) is 0 Å². The number of carbonyl (C=O) groups is 1. The van der Waals surface area contributed by atoms with Gasteiger partial charge in [0.25, 0.3) is 5.91 Å². The molecule has 0 unspecified atom stereocenters. The first kappa shape index (κ1) is 13.5. The molecule has 1 aromatic heterocycles. The molecular weight excluding hydrogens is 263 g/mol. The van der Waals surface area contributed by atoms with E-state index in [1.807, 2.05) is 6.07 Å². The lowest BCUT2D eigenvalue weighted by atomic mass is 10.1. The molecule has 0 aliphatic rings. The largest absolute Gasteiger partial charge is 0.337 e. The summed E-state index contributed by atoms with van der Waals surface area (Å²) in [6.07, 6.45) is 3.34. The molecule has 3 nitrogen and oxygen atoms in total. The fourth-order valence-electron chi connectivity index (χ4n) is 1.72. The summed E-state index contributed by atoms with van der Waals surface area (Å²) < 4.78 is 13.6. The number of nitrogens with zero attached hydrogens (tertiary/aromatic N) is 2. The number of halogens is 1. The molecule has 0 aliphatic heterocycles. The van der Waals surface area contributed by atoms with Crippen LogP contribution in [-0.2, 0) is 6.54 Å². The van der Waals surface area contributed by atoms with E-state index in [0.29, 0.717) is 11.4 Å². The van der Waals surface area contributed by atoms with Crippen molar-refractivity contribution in [3.8, 4) is 0 Å². The van der Waals surface area contributed by atoms with Crippen LogP contribution in [-0.4, -0.2) is 22.8 Å². The lowest BCUT2D eigenvalue weighted by Crippen LogP contribution is -2.27. The summed E-state index contributed by atoms with van der Waals surface area (Å²) >= 11 is 4.12. The van der Waals surface area contributed by atoms with Crippen LogP contribution in [0.2, 0.25) is 0 Å². The summed E-state index contributed by atoms with van der Waals surface area (Å²) in [6, 6.07) is 7.84. The van der Waals surface area contributed by atoms with Crippen LogP contribution in [0.5, 0.6) is 0 Å². The third-order valence-corrected chi connectivity index (χ3v) is 2.95. The van der Waals surface area contributed by atoms with Gasteiger partial charge < -0.3 is 4.90 Å². The van der Waals surface area contributed by atoms with Gasteiger partial charge in [0.15, 0.2) is 0 Å². The van der Waals surface area contributed by atoms with Gasteiger partial charge in [-0.3, -0.25) is 9.78 Å². The Morgan fingerprint density at radius 2 is 2.21 bits per heavy atom. The maximum Gasteiger partial charge on any atom is 0.256 e. The second-order valence-corrected chi connectivity index (χ2v) is 4.70. The fourth-order valence-corrected chi connectivity index (χ4v) is 1.92. The first-order valence-electron chi connectivity index (χ1n) is 5.71. The third kappa shape index (κ3) is 3.32. The van der Waals surface area contributed by atoms with Crippen molar-refractivity contribution in [3.63, 3.8) is 0 Å². The van der Waals surface area contributed by atoms with Crippen LogP contribution in [0, 0.1) is 5.82 Å². The average Bonchev–Trinajstić information content (AvgIpc) is 2.42. The molecule has 0 saturated carbocycles. The monoisotopic (exact) mass is 276 g/mol. The quantitative estimate of drug-likeness (QED) is 0.874. The molecule has 0 atom stereocenters. The van der Waals surface area contributed by atoms with Gasteiger partial charge in [0.1, 0.15) is 5.82 Å². The molecule has 1 heterocycles. The summed E-state index contributed by atoms with van der Waals surface area (Å²) in [5.41, 5.74) is 0.916. The van der Waals surface area contributed by atoms with E-state index in [-0.39, 0.29) is 11.5 Å². The number of aromatic nitrogens is 1. The van der Waals surface area contributed by atoms with Crippen LogP contribution >= 0.6 is 12.6 Å². The predicted molar refractivity (Wildman–Crippen MR) is 73.7 cm³/mol. The molecule has 0 aliphatic carbocycles. The Morgan fingerprint density at radius 3 is 2.89 bits per heavy atom. The van der Waals surface area contributed by atoms with Crippen molar-refractivity contribution in [2.45, 2.75) is 11.4 Å². The van der Waals surface area contributed by atoms with Crippen LogP contribution < -0.4 is 0 Å². The number of hydrogen-bond donors (Lipinski definition) is 1. The van der Waals surface area contributed by atoms with Crippen molar-refractivity contribution in [1.82, 2.24) is 9.88 Å². The van der Waals surface area contributed by atoms with Crippen LogP contribution in [0.15, 0.2) is 47.6 Å². The second kappa shape index (κ2) is 5.84. The zero-order valence-corrected chi connectivity index (χ0v) is 11.3. The molecule has 0 radical (unpaired) electrons. The molecule has 19 heavy (non-hydrogen) atoms. The van der Waals surface area contributed by atoms with E-state index >= 15 is 0 Å². The predicted octanol–water partition coefficient (Wildman–Crippen LogP) is 2.78. The Kier molecular flexibility index (Phi) is 4.16. The second-order valence-electron chi connectivity index (χ2n) is 4.19. The van der Waals surface area contributed by atoms with Gasteiger partial charge in [-0.2, -0.15) is 0 Å². The summed E-state index contributed by atoms with van der Waals surface area (Å²) in [6.45, 7) is 0.378. The lowest BCUT2D eigenvalue weighted by Gasteiger charge is -2.17. The minimum absolute atomic E-state index is 0.0268. The van der Waals surface area contributed by atoms with Gasteiger partial charge in [-0.15, -0.1) is 12.6 Å². The van der Waals surface area contributed by atoms with Crippen LogP contribution in [0.4, 0.5) is 4.39 Å². The van der Waals surface area contributed by atoms with Crippen LogP contribution in [0.1, 0.15) is 15.9 Å². The number of hydrogen-bond acceptors (Lipinski definition) is 3. The van der Waals surface area contributed by atoms with E-state index in [1.54, 1.807) is 25.5 Å². The van der Waals surface area contributed by atoms with Gasteiger partial charge in [0.2, 0.25) is 0 Å². The van der Waals surface area contributed by atoms with E-state index in [0.717, 1.165) is 5.56 Å². The van der Waals surface area contributed by atoms with Crippen molar-refractivity contribution in [1.29, 1.82) is 0 Å². The average molecular weight is 276 g/mol. The van der Waals surface area contributed by atoms with E-state index < -0.39 is 5.82 Å². The van der Waals surface area contributed by atoms with Gasteiger partial charge in [-0.1, -0.05) is 6.07 Å². The normalized spacial score (nSPS) is 10.3. The number of rotatable bonds is 3. The molecular formula is C14H13FN2OS. The molecule has 2 rings (SSSR count). The van der Waals surface area contributed by atoms with Crippen LogP contribution in [0.25, 0.3) is 0 Å². The van der Waals surface area contributed by atoms with Gasteiger partial charge in [0, 0.05) is 30.9 Å². The summed E-state index contributed by atoms with van der Waals surface area (Å²) in [5.74, 6) is -0.918. The number of amides is 1. The Bertz CT molecular complexity index is 589. The van der Waals surface area contributed by atoms with E-state index in [2.05, 4.69) is 17.6 Å². The summed E-state index contributed by atoms with van der Waals surface area (Å²) in [5, 5.41) is 0. The van der Waals surface area contributed by atoms with E-state index in [1.165, 1.54) is 23.1 Å². The van der Waals surface area contributed by atoms with E-state index in [9.17, 15) is 9.18 Å². The molecule has 2 aromatic rings. The van der Waals surface area contributed by atoms with Crippen molar-refractivity contribution in [2.75, 3.05) is 7.05 Å². The highest BCUT2D eigenvalue weighted by atomic mass is 32.1. The number of carbonyl (C=O) groups excluding carboxylic acids is 1. The van der Waals surface area contributed by atoms with Gasteiger partial charge in [-0.25, -0.2) is 4.39 Å². The Hall–Kier alpha value is -1.88. The molecule has 0 saturated heterocycles. The SMILES string of the molecule is CN(Cc1cccnc1)C(=O)c1cc(S)ccc1F. The lowest BCUT2D eigenvalue weighted by molar-refractivity contribution is 0.0780. The maximum absolute atomic E-state index is 13.6. The van der Waals surface area contributed by atoms with Crippen LogP contribution in [0.3, 0.4) is 0 Å². The summed E-state index contributed by atoms with van der Waals surface area (Å²) in [7, 11) is 1.62.